The van der Waals surface area contributed by atoms with E-state index in [0.717, 1.165) is 30.5 Å². The van der Waals surface area contributed by atoms with Crippen LogP contribution in [0, 0.1) is 5.92 Å². The predicted octanol–water partition coefficient (Wildman–Crippen LogP) is 5.39. The molecule has 0 fully saturated rings. The van der Waals surface area contributed by atoms with Gasteiger partial charge in [-0.15, -0.1) is 11.3 Å². The van der Waals surface area contributed by atoms with Gasteiger partial charge in [0.15, 0.2) is 0 Å². The van der Waals surface area contributed by atoms with Gasteiger partial charge in [0, 0.05) is 29.6 Å². The number of allylic oxidation sites excluding steroid dienone is 2. The number of sulfonamides is 1. The standard InChI is InChI=1S/C22H28N2O2S2/c1-3-12-24(13-4-2)28(25,26)16-10-11-20-19(15-16)17-7-5-8-18(17)22(23-20)21-9-6-14-27-21/h5-7,9-11,14-15,17-18,22-23H,3-4,8,12-13H2,1-2H3. The molecule has 1 aromatic carbocycles. The lowest BCUT2D eigenvalue weighted by molar-refractivity contribution is 0.409. The van der Waals surface area contributed by atoms with E-state index in [4.69, 9.17) is 0 Å². The first kappa shape index (κ1) is 19.7. The van der Waals surface area contributed by atoms with Crippen molar-refractivity contribution in [3.63, 3.8) is 0 Å². The molecule has 1 aliphatic heterocycles. The third-order valence-corrected chi connectivity index (χ3v) is 8.62. The minimum absolute atomic E-state index is 0.268. The molecule has 4 nitrogen and oxygen atoms in total. The maximum Gasteiger partial charge on any atom is 0.243 e. The van der Waals surface area contributed by atoms with Crippen LogP contribution in [-0.2, 0) is 10.0 Å². The van der Waals surface area contributed by atoms with Gasteiger partial charge in [-0.2, -0.15) is 4.31 Å². The SMILES string of the molecule is CCCN(CCC)S(=O)(=O)c1ccc2c(c1)C1C=CCC1C(c1cccs1)N2. The number of benzene rings is 1. The zero-order valence-corrected chi connectivity index (χ0v) is 18.1. The molecule has 2 heterocycles. The zero-order chi connectivity index (χ0) is 19.7. The molecule has 0 radical (unpaired) electrons. The number of anilines is 1. The first-order chi connectivity index (χ1) is 13.6. The number of hydrogen-bond donors (Lipinski definition) is 1. The Bertz CT molecular complexity index is 945. The highest BCUT2D eigenvalue weighted by Gasteiger charge is 2.39. The fourth-order valence-electron chi connectivity index (χ4n) is 4.48. The van der Waals surface area contributed by atoms with Crippen molar-refractivity contribution in [2.45, 2.75) is 50.0 Å². The summed E-state index contributed by atoms with van der Waals surface area (Å²) in [5.41, 5.74) is 2.17. The van der Waals surface area contributed by atoms with Crippen molar-refractivity contribution >= 4 is 27.0 Å². The van der Waals surface area contributed by atoms with E-state index in [2.05, 4.69) is 35.0 Å². The van der Waals surface area contributed by atoms with E-state index in [0.29, 0.717) is 23.9 Å². The van der Waals surface area contributed by atoms with E-state index in [-0.39, 0.29) is 12.0 Å². The Labute approximate surface area is 172 Å². The summed E-state index contributed by atoms with van der Waals surface area (Å²) in [5.74, 6) is 0.704. The van der Waals surface area contributed by atoms with Gasteiger partial charge in [-0.1, -0.05) is 32.1 Å². The van der Waals surface area contributed by atoms with Crippen LogP contribution in [-0.4, -0.2) is 25.8 Å². The Morgan fingerprint density at radius 2 is 1.96 bits per heavy atom. The first-order valence-electron chi connectivity index (χ1n) is 10.2. The average Bonchev–Trinajstić information content (AvgIpc) is 3.39. The van der Waals surface area contributed by atoms with Crippen LogP contribution in [0.25, 0.3) is 0 Å². The minimum atomic E-state index is -3.46. The molecule has 0 saturated heterocycles. The fourth-order valence-corrected chi connectivity index (χ4v) is 6.99. The average molecular weight is 417 g/mol. The first-order valence-corrected chi connectivity index (χ1v) is 12.5. The normalized spacial score (nSPS) is 23.5. The molecule has 6 heteroatoms. The molecule has 0 bridgehead atoms. The van der Waals surface area contributed by atoms with Gasteiger partial charge in [0.1, 0.15) is 0 Å². The molecule has 4 rings (SSSR count). The molecule has 3 atom stereocenters. The lowest BCUT2D eigenvalue weighted by Crippen LogP contribution is -2.33. The Balaban J connectivity index is 1.71. The van der Waals surface area contributed by atoms with Crippen LogP contribution < -0.4 is 5.32 Å². The van der Waals surface area contributed by atoms with E-state index >= 15 is 0 Å². The van der Waals surface area contributed by atoms with Crippen molar-refractivity contribution < 1.29 is 8.42 Å². The largest absolute Gasteiger partial charge is 0.377 e. The van der Waals surface area contributed by atoms with E-state index in [1.807, 2.05) is 26.0 Å². The molecular weight excluding hydrogens is 388 g/mol. The van der Waals surface area contributed by atoms with Crippen LogP contribution in [0.3, 0.4) is 0 Å². The van der Waals surface area contributed by atoms with E-state index < -0.39 is 10.0 Å². The van der Waals surface area contributed by atoms with Gasteiger partial charge in [-0.05, 0) is 60.4 Å². The summed E-state index contributed by atoms with van der Waals surface area (Å²) in [7, 11) is -3.46. The number of thiophene rings is 1. The Kier molecular flexibility index (Phi) is 5.63. The van der Waals surface area contributed by atoms with Crippen LogP contribution in [0.4, 0.5) is 5.69 Å². The molecule has 2 aliphatic rings. The summed E-state index contributed by atoms with van der Waals surface area (Å²) in [4.78, 5) is 1.77. The highest BCUT2D eigenvalue weighted by molar-refractivity contribution is 7.89. The fraction of sp³-hybridized carbons (Fsp3) is 0.455. The summed E-state index contributed by atoms with van der Waals surface area (Å²) < 4.78 is 28.1. The number of hydrogen-bond acceptors (Lipinski definition) is 4. The summed E-state index contributed by atoms with van der Waals surface area (Å²) in [6, 6.07) is 10.2. The number of nitrogens with zero attached hydrogens (tertiary/aromatic N) is 1. The van der Waals surface area contributed by atoms with E-state index in [1.54, 1.807) is 21.7 Å². The molecule has 0 amide bonds. The Hall–Kier alpha value is -1.63. The third-order valence-electron chi connectivity index (χ3n) is 5.77. The summed E-state index contributed by atoms with van der Waals surface area (Å²) in [6.07, 6.45) is 7.17. The molecular formula is C22H28N2O2S2. The summed E-state index contributed by atoms with van der Waals surface area (Å²) >= 11 is 1.78. The molecule has 0 saturated carbocycles. The van der Waals surface area contributed by atoms with Crippen LogP contribution in [0.2, 0.25) is 0 Å². The molecule has 0 spiro atoms. The molecule has 1 N–H and O–H groups in total. The number of nitrogens with one attached hydrogen (secondary N) is 1. The summed E-state index contributed by atoms with van der Waals surface area (Å²) in [6.45, 7) is 5.18. The molecule has 2 aromatic rings. The Morgan fingerprint density at radius 3 is 2.64 bits per heavy atom. The quantitative estimate of drug-likeness (QED) is 0.616. The second-order valence-corrected chi connectivity index (χ2v) is 10.6. The zero-order valence-electron chi connectivity index (χ0n) is 16.5. The van der Waals surface area contributed by atoms with Crippen molar-refractivity contribution in [3.05, 3.63) is 58.3 Å². The molecule has 28 heavy (non-hydrogen) atoms. The molecule has 1 aliphatic carbocycles. The van der Waals surface area contributed by atoms with Crippen molar-refractivity contribution in [1.82, 2.24) is 4.31 Å². The second kappa shape index (κ2) is 8.01. The van der Waals surface area contributed by atoms with Crippen LogP contribution in [0.15, 0.2) is 52.8 Å². The highest BCUT2D eigenvalue weighted by Crippen LogP contribution is 2.50. The van der Waals surface area contributed by atoms with Crippen molar-refractivity contribution in [3.8, 4) is 0 Å². The number of fused-ring (bicyclic) bond motifs is 3. The van der Waals surface area contributed by atoms with Gasteiger partial charge in [-0.3, -0.25) is 0 Å². The van der Waals surface area contributed by atoms with Gasteiger partial charge in [0.2, 0.25) is 10.0 Å². The van der Waals surface area contributed by atoms with Crippen molar-refractivity contribution in [1.29, 1.82) is 0 Å². The van der Waals surface area contributed by atoms with Gasteiger partial charge in [-0.25, -0.2) is 8.42 Å². The van der Waals surface area contributed by atoms with Gasteiger partial charge < -0.3 is 5.32 Å². The van der Waals surface area contributed by atoms with Crippen LogP contribution in [0.5, 0.6) is 0 Å². The minimum Gasteiger partial charge on any atom is -0.377 e. The van der Waals surface area contributed by atoms with Crippen molar-refractivity contribution in [2.75, 3.05) is 18.4 Å². The van der Waals surface area contributed by atoms with Crippen LogP contribution >= 0.6 is 11.3 Å². The van der Waals surface area contributed by atoms with Gasteiger partial charge >= 0.3 is 0 Å². The maximum absolute atomic E-state index is 13.2. The molecule has 3 unspecified atom stereocenters. The van der Waals surface area contributed by atoms with E-state index in [9.17, 15) is 8.42 Å². The smallest absolute Gasteiger partial charge is 0.243 e. The Morgan fingerprint density at radius 1 is 1.18 bits per heavy atom. The maximum atomic E-state index is 13.2. The lowest BCUT2D eigenvalue weighted by Gasteiger charge is -2.37. The topological polar surface area (TPSA) is 49.4 Å². The van der Waals surface area contributed by atoms with E-state index in [1.165, 1.54) is 4.88 Å². The number of rotatable bonds is 7. The van der Waals surface area contributed by atoms with Gasteiger partial charge in [0.25, 0.3) is 0 Å². The van der Waals surface area contributed by atoms with Crippen LogP contribution in [0.1, 0.15) is 55.5 Å². The summed E-state index contributed by atoms with van der Waals surface area (Å²) in [5, 5.41) is 5.81. The third kappa shape index (κ3) is 3.42. The van der Waals surface area contributed by atoms with Crippen molar-refractivity contribution in [2.24, 2.45) is 5.92 Å². The van der Waals surface area contributed by atoms with Gasteiger partial charge in [0.05, 0.1) is 10.9 Å². The molecule has 1 aromatic heterocycles. The second-order valence-electron chi connectivity index (χ2n) is 7.64. The molecule has 150 valence electrons. The monoisotopic (exact) mass is 416 g/mol. The predicted molar refractivity (Wildman–Crippen MR) is 116 cm³/mol. The highest BCUT2D eigenvalue weighted by atomic mass is 32.2. The lowest BCUT2D eigenvalue weighted by atomic mass is 9.79.